The minimum absolute atomic E-state index is 0.138. The first-order valence-electron chi connectivity index (χ1n) is 4.91. The molecule has 1 aliphatic rings. The second-order valence-corrected chi connectivity index (χ2v) is 4.90. The number of aliphatic hydroxyl groups is 2. The summed E-state index contributed by atoms with van der Waals surface area (Å²) in [6.45, 7) is -0.173. The molecule has 3 atom stereocenters. The summed E-state index contributed by atoms with van der Waals surface area (Å²) in [4.78, 5) is 1.70. The van der Waals surface area contributed by atoms with Crippen LogP contribution in [-0.4, -0.2) is 58.6 Å². The van der Waals surface area contributed by atoms with Gasteiger partial charge in [0, 0.05) is 14.1 Å². The summed E-state index contributed by atoms with van der Waals surface area (Å²) in [5.74, 6) is 0. The predicted molar refractivity (Wildman–Crippen MR) is 60.0 cm³/mol. The van der Waals surface area contributed by atoms with Crippen molar-refractivity contribution in [1.82, 2.24) is 4.90 Å². The monoisotopic (exact) mass is 234 g/mol. The number of amidine groups is 1. The topological polar surface area (TPSA) is 76.8 Å². The average molecular weight is 234 g/mol. The molecule has 1 heterocycles. The standard InChI is InChI=1S/C9H18N2O3S/c1-11(2)9(10)15-8-4-3-6(13)7(5-12)14-8/h6-8,10,12-13H,3-5H2,1-2H3. The highest BCUT2D eigenvalue weighted by molar-refractivity contribution is 8.14. The normalized spacial score (nSPS) is 31.3. The van der Waals surface area contributed by atoms with Crippen molar-refractivity contribution < 1.29 is 14.9 Å². The second kappa shape index (κ2) is 5.69. The summed E-state index contributed by atoms with van der Waals surface area (Å²) in [5, 5.41) is 26.5. The number of aliphatic hydroxyl groups excluding tert-OH is 2. The van der Waals surface area contributed by atoms with Gasteiger partial charge in [0.1, 0.15) is 11.5 Å². The zero-order valence-corrected chi connectivity index (χ0v) is 9.83. The van der Waals surface area contributed by atoms with Crippen molar-refractivity contribution in [3.8, 4) is 0 Å². The molecule has 1 rings (SSSR count). The molecule has 0 aliphatic carbocycles. The fourth-order valence-corrected chi connectivity index (χ4v) is 2.24. The van der Waals surface area contributed by atoms with Crippen molar-refractivity contribution >= 4 is 16.9 Å². The van der Waals surface area contributed by atoms with Gasteiger partial charge in [0.15, 0.2) is 5.17 Å². The lowest BCUT2D eigenvalue weighted by Crippen LogP contribution is -2.40. The third-order valence-electron chi connectivity index (χ3n) is 2.28. The van der Waals surface area contributed by atoms with Crippen molar-refractivity contribution in [2.45, 2.75) is 30.5 Å². The number of nitrogens with zero attached hydrogens (tertiary/aromatic N) is 1. The number of nitrogens with one attached hydrogen (secondary N) is 1. The van der Waals surface area contributed by atoms with Crippen LogP contribution in [-0.2, 0) is 4.74 Å². The molecular formula is C9H18N2O3S. The van der Waals surface area contributed by atoms with Gasteiger partial charge in [-0.15, -0.1) is 0 Å². The van der Waals surface area contributed by atoms with Crippen LogP contribution in [0.4, 0.5) is 0 Å². The molecule has 15 heavy (non-hydrogen) atoms. The van der Waals surface area contributed by atoms with Gasteiger partial charge in [-0.1, -0.05) is 11.8 Å². The van der Waals surface area contributed by atoms with Crippen LogP contribution < -0.4 is 0 Å². The van der Waals surface area contributed by atoms with Crippen LogP contribution >= 0.6 is 11.8 Å². The summed E-state index contributed by atoms with van der Waals surface area (Å²) >= 11 is 1.31. The molecule has 1 aliphatic heterocycles. The smallest absolute Gasteiger partial charge is 0.158 e. The average Bonchev–Trinajstić information content (AvgIpc) is 2.20. The molecule has 0 saturated carbocycles. The van der Waals surface area contributed by atoms with Gasteiger partial charge in [-0.2, -0.15) is 0 Å². The molecule has 1 saturated heterocycles. The zero-order valence-electron chi connectivity index (χ0n) is 9.01. The van der Waals surface area contributed by atoms with Crippen LogP contribution in [0.5, 0.6) is 0 Å². The van der Waals surface area contributed by atoms with Gasteiger partial charge in [-0.3, -0.25) is 5.41 Å². The third kappa shape index (κ3) is 3.64. The van der Waals surface area contributed by atoms with E-state index in [1.54, 1.807) is 19.0 Å². The van der Waals surface area contributed by atoms with Crippen molar-refractivity contribution in [3.63, 3.8) is 0 Å². The number of thioether (sulfide) groups is 1. The molecule has 3 unspecified atom stereocenters. The van der Waals surface area contributed by atoms with Crippen LogP contribution in [0.3, 0.4) is 0 Å². The Kier molecular flexibility index (Phi) is 4.85. The molecule has 0 amide bonds. The molecule has 0 bridgehead atoms. The summed E-state index contributed by atoms with van der Waals surface area (Å²) in [7, 11) is 3.60. The Labute approximate surface area is 93.9 Å². The Balaban J connectivity index is 2.41. The van der Waals surface area contributed by atoms with Gasteiger partial charge in [0.05, 0.1) is 12.7 Å². The lowest BCUT2D eigenvalue weighted by molar-refractivity contribution is -0.106. The molecule has 0 aromatic rings. The highest BCUT2D eigenvalue weighted by Gasteiger charge is 2.30. The van der Waals surface area contributed by atoms with Gasteiger partial charge < -0.3 is 19.8 Å². The van der Waals surface area contributed by atoms with Crippen molar-refractivity contribution in [3.05, 3.63) is 0 Å². The van der Waals surface area contributed by atoms with Crippen LogP contribution in [0.25, 0.3) is 0 Å². The fraction of sp³-hybridized carbons (Fsp3) is 0.889. The molecule has 5 nitrogen and oxygen atoms in total. The fourth-order valence-electron chi connectivity index (χ4n) is 1.33. The minimum atomic E-state index is -0.583. The summed E-state index contributed by atoms with van der Waals surface area (Å²) < 4.78 is 5.46. The number of hydrogen-bond donors (Lipinski definition) is 3. The maximum absolute atomic E-state index is 9.47. The Hall–Kier alpha value is -0.300. The van der Waals surface area contributed by atoms with Crippen molar-refractivity contribution in [1.29, 1.82) is 5.41 Å². The third-order valence-corrected chi connectivity index (χ3v) is 3.48. The Morgan fingerprint density at radius 2 is 2.20 bits per heavy atom. The van der Waals surface area contributed by atoms with E-state index in [2.05, 4.69) is 0 Å². The molecule has 1 fully saturated rings. The Morgan fingerprint density at radius 1 is 1.53 bits per heavy atom. The van der Waals surface area contributed by atoms with E-state index in [1.165, 1.54) is 11.8 Å². The summed E-state index contributed by atoms with van der Waals surface area (Å²) in [6, 6.07) is 0. The lowest BCUT2D eigenvalue weighted by atomic mass is 10.1. The summed E-state index contributed by atoms with van der Waals surface area (Å²) in [6.07, 6.45) is 0.230. The maximum atomic E-state index is 9.47. The van der Waals surface area contributed by atoms with Crippen molar-refractivity contribution in [2.24, 2.45) is 0 Å². The molecule has 0 radical (unpaired) electrons. The van der Waals surface area contributed by atoms with Gasteiger partial charge in [0.2, 0.25) is 0 Å². The van der Waals surface area contributed by atoms with E-state index >= 15 is 0 Å². The van der Waals surface area contributed by atoms with E-state index in [0.717, 1.165) is 0 Å². The molecule has 0 spiro atoms. The predicted octanol–water partition coefficient (Wildman–Crippen LogP) is 0.0743. The van der Waals surface area contributed by atoms with E-state index in [9.17, 15) is 5.11 Å². The molecule has 88 valence electrons. The highest BCUT2D eigenvalue weighted by atomic mass is 32.2. The van der Waals surface area contributed by atoms with Gasteiger partial charge >= 0.3 is 0 Å². The second-order valence-electron chi connectivity index (χ2n) is 3.75. The lowest BCUT2D eigenvalue weighted by Gasteiger charge is -2.32. The number of rotatable bonds is 2. The first-order valence-corrected chi connectivity index (χ1v) is 5.79. The largest absolute Gasteiger partial charge is 0.394 e. The maximum Gasteiger partial charge on any atom is 0.158 e. The molecule has 0 aromatic heterocycles. The van der Waals surface area contributed by atoms with Gasteiger partial charge in [-0.05, 0) is 12.8 Å². The van der Waals surface area contributed by atoms with E-state index in [1.807, 2.05) is 0 Å². The Morgan fingerprint density at radius 3 is 2.73 bits per heavy atom. The van der Waals surface area contributed by atoms with Crippen LogP contribution in [0.15, 0.2) is 0 Å². The zero-order chi connectivity index (χ0) is 11.4. The van der Waals surface area contributed by atoms with E-state index in [0.29, 0.717) is 18.0 Å². The van der Waals surface area contributed by atoms with Gasteiger partial charge in [0.25, 0.3) is 0 Å². The Bertz CT molecular complexity index is 225. The van der Waals surface area contributed by atoms with Crippen LogP contribution in [0, 0.1) is 5.41 Å². The van der Waals surface area contributed by atoms with E-state index < -0.39 is 12.2 Å². The summed E-state index contributed by atoms with van der Waals surface area (Å²) in [5.41, 5.74) is -0.138. The SMILES string of the molecule is CN(C)C(=N)SC1CCC(O)C(CO)O1. The highest BCUT2D eigenvalue weighted by Crippen LogP contribution is 2.28. The van der Waals surface area contributed by atoms with E-state index in [4.69, 9.17) is 15.3 Å². The number of ether oxygens (including phenoxy) is 1. The first kappa shape index (κ1) is 12.8. The quantitative estimate of drug-likeness (QED) is 0.466. The van der Waals surface area contributed by atoms with Crippen LogP contribution in [0.1, 0.15) is 12.8 Å². The molecule has 0 aromatic carbocycles. The van der Waals surface area contributed by atoms with E-state index in [-0.39, 0.29) is 12.0 Å². The molecule has 6 heteroatoms. The molecular weight excluding hydrogens is 216 g/mol. The molecule has 3 N–H and O–H groups in total. The first-order chi connectivity index (χ1) is 7.04. The minimum Gasteiger partial charge on any atom is -0.394 e. The number of hydrogen-bond acceptors (Lipinski definition) is 5. The van der Waals surface area contributed by atoms with Crippen LogP contribution in [0.2, 0.25) is 0 Å². The van der Waals surface area contributed by atoms with Crippen molar-refractivity contribution in [2.75, 3.05) is 20.7 Å². The van der Waals surface area contributed by atoms with Gasteiger partial charge in [-0.25, -0.2) is 0 Å².